The maximum Gasteiger partial charge on any atom is 0.134 e. The summed E-state index contributed by atoms with van der Waals surface area (Å²) in [6.07, 6.45) is 3.55. The van der Waals surface area contributed by atoms with Gasteiger partial charge >= 0.3 is 0 Å². The highest BCUT2D eigenvalue weighted by atomic mass is 19.1. The fraction of sp³-hybridized carbons (Fsp3) is 0.321. The van der Waals surface area contributed by atoms with E-state index in [1.165, 1.54) is 11.1 Å². The summed E-state index contributed by atoms with van der Waals surface area (Å²) in [6, 6.07) is 17.0. The van der Waals surface area contributed by atoms with Gasteiger partial charge in [0.25, 0.3) is 0 Å². The summed E-state index contributed by atoms with van der Waals surface area (Å²) in [4.78, 5) is 4.61. The van der Waals surface area contributed by atoms with Crippen LogP contribution in [0.15, 0.2) is 66.5 Å². The second kappa shape index (κ2) is 11.5. The maximum atomic E-state index is 14.9. The molecule has 0 spiro atoms. The summed E-state index contributed by atoms with van der Waals surface area (Å²) in [5.74, 6) is 6.05. The Hall–Kier alpha value is -3.46. The number of hydrazine groups is 1. The molecule has 0 saturated carbocycles. The van der Waals surface area contributed by atoms with Crippen LogP contribution in [0.3, 0.4) is 0 Å². The number of benzene rings is 2. The molecule has 0 amide bonds. The number of rotatable bonds is 5. The second-order valence-corrected chi connectivity index (χ2v) is 9.14. The van der Waals surface area contributed by atoms with Crippen LogP contribution in [0, 0.1) is 11.7 Å². The van der Waals surface area contributed by atoms with Crippen LogP contribution in [0.4, 0.5) is 4.39 Å². The van der Waals surface area contributed by atoms with Crippen LogP contribution in [0.2, 0.25) is 0 Å². The lowest BCUT2D eigenvalue weighted by atomic mass is 10.00. The van der Waals surface area contributed by atoms with Gasteiger partial charge in [-0.2, -0.15) is 0 Å². The standard InChI is InChI=1S/C22H28FN5O2.C6H6/c1-13(24)21(27(2)25)16-9-18-20(26-10-16)19-17(23)4-3-15(12-29)22(19)28(18)11-14-5-7-30-8-6-14;1-2-4-6-5-3-1/h3-4,9-10,14,29H,5-8,11-12,24-25H2,1-2H3;1-6H/b21-13-;. The number of aliphatic hydroxyl groups excluding tert-OH is 1. The number of allylic oxidation sites excluding steroid dienone is 1. The minimum absolute atomic E-state index is 0.174. The molecule has 0 aliphatic carbocycles. The van der Waals surface area contributed by atoms with Gasteiger partial charge < -0.3 is 25.2 Å². The van der Waals surface area contributed by atoms with Crippen molar-refractivity contribution in [3.63, 3.8) is 0 Å². The van der Waals surface area contributed by atoms with E-state index in [1.807, 2.05) is 42.5 Å². The van der Waals surface area contributed by atoms with Crippen LogP contribution in [0.5, 0.6) is 0 Å². The van der Waals surface area contributed by atoms with Crippen LogP contribution in [0.1, 0.15) is 30.9 Å². The molecule has 1 saturated heterocycles. The molecule has 190 valence electrons. The van der Waals surface area contributed by atoms with E-state index in [9.17, 15) is 9.50 Å². The predicted molar refractivity (Wildman–Crippen MR) is 142 cm³/mol. The molecule has 8 heteroatoms. The number of aliphatic hydroxyl groups is 1. The van der Waals surface area contributed by atoms with Crippen molar-refractivity contribution >= 4 is 27.6 Å². The Morgan fingerprint density at radius 1 is 1.17 bits per heavy atom. The third-order valence-electron chi connectivity index (χ3n) is 6.49. The first-order chi connectivity index (χ1) is 17.4. The minimum atomic E-state index is -0.347. The van der Waals surface area contributed by atoms with Gasteiger partial charge in [0.15, 0.2) is 0 Å². The predicted octanol–water partition coefficient (Wildman–Crippen LogP) is 4.39. The summed E-state index contributed by atoms with van der Waals surface area (Å²) in [7, 11) is 1.72. The van der Waals surface area contributed by atoms with Crippen molar-refractivity contribution in [2.24, 2.45) is 17.5 Å². The van der Waals surface area contributed by atoms with Crippen molar-refractivity contribution in [3.05, 3.63) is 83.4 Å². The van der Waals surface area contributed by atoms with Gasteiger partial charge in [0.05, 0.1) is 34.2 Å². The van der Waals surface area contributed by atoms with Gasteiger partial charge in [-0.3, -0.25) is 4.98 Å². The second-order valence-electron chi connectivity index (χ2n) is 9.14. The number of nitrogens with zero attached hydrogens (tertiary/aromatic N) is 3. The van der Waals surface area contributed by atoms with Gasteiger partial charge in [0.2, 0.25) is 0 Å². The van der Waals surface area contributed by atoms with Gasteiger partial charge in [0.1, 0.15) is 5.82 Å². The van der Waals surface area contributed by atoms with Crippen molar-refractivity contribution in [2.45, 2.75) is 32.9 Å². The third kappa shape index (κ3) is 5.36. The molecule has 0 bridgehead atoms. The average Bonchev–Trinajstić information content (AvgIpc) is 3.20. The molecule has 2 aromatic carbocycles. The van der Waals surface area contributed by atoms with Crippen LogP contribution < -0.4 is 11.6 Å². The largest absolute Gasteiger partial charge is 0.401 e. The zero-order valence-corrected chi connectivity index (χ0v) is 20.8. The number of pyridine rings is 1. The van der Waals surface area contributed by atoms with E-state index >= 15 is 0 Å². The summed E-state index contributed by atoms with van der Waals surface area (Å²) in [5.41, 5.74) is 10.8. The van der Waals surface area contributed by atoms with Crippen LogP contribution in [-0.4, -0.2) is 39.9 Å². The Morgan fingerprint density at radius 2 is 1.81 bits per heavy atom. The monoisotopic (exact) mass is 491 g/mol. The quantitative estimate of drug-likeness (QED) is 0.283. The normalized spacial score (nSPS) is 14.9. The zero-order valence-electron chi connectivity index (χ0n) is 20.8. The van der Waals surface area contributed by atoms with Crippen LogP contribution in [-0.2, 0) is 17.9 Å². The van der Waals surface area contributed by atoms with Crippen molar-refractivity contribution < 1.29 is 14.2 Å². The zero-order chi connectivity index (χ0) is 25.7. The van der Waals surface area contributed by atoms with E-state index in [4.69, 9.17) is 16.3 Å². The van der Waals surface area contributed by atoms with Crippen molar-refractivity contribution in [3.8, 4) is 0 Å². The highest BCUT2D eigenvalue weighted by Crippen LogP contribution is 2.35. The Bertz CT molecular complexity index is 1310. The molecule has 1 aliphatic rings. The fourth-order valence-corrected chi connectivity index (χ4v) is 4.84. The van der Waals surface area contributed by atoms with Crippen LogP contribution in [0.25, 0.3) is 27.6 Å². The molecular formula is C28H34FN5O2. The number of ether oxygens (including phenoxy) is 1. The van der Waals surface area contributed by atoms with Gasteiger partial charge in [-0.25, -0.2) is 10.2 Å². The smallest absolute Gasteiger partial charge is 0.134 e. The molecule has 1 fully saturated rings. The molecule has 36 heavy (non-hydrogen) atoms. The van der Waals surface area contributed by atoms with E-state index in [0.717, 1.165) is 37.1 Å². The highest BCUT2D eigenvalue weighted by molar-refractivity contribution is 6.07. The van der Waals surface area contributed by atoms with Gasteiger partial charge in [-0.05, 0) is 37.8 Å². The molecule has 7 nitrogen and oxygen atoms in total. The molecule has 1 aliphatic heterocycles. The molecule has 0 unspecified atom stereocenters. The van der Waals surface area contributed by atoms with Crippen LogP contribution >= 0.6 is 0 Å². The van der Waals surface area contributed by atoms with Gasteiger partial charge in [-0.1, -0.05) is 42.5 Å². The fourth-order valence-electron chi connectivity index (χ4n) is 4.84. The average molecular weight is 492 g/mol. The Balaban J connectivity index is 0.000000445. The molecule has 5 N–H and O–H groups in total. The number of nitrogens with two attached hydrogens (primary N) is 2. The summed E-state index contributed by atoms with van der Waals surface area (Å²) < 4.78 is 22.5. The van der Waals surface area contributed by atoms with Crippen molar-refractivity contribution in [1.29, 1.82) is 0 Å². The first-order valence-corrected chi connectivity index (χ1v) is 12.2. The summed E-state index contributed by atoms with van der Waals surface area (Å²) >= 11 is 0. The SMILES string of the molecule is C/C(N)=C(\c1cnc2c3c(F)ccc(CO)c3n(CC3CCOCC3)c2c1)N(C)N.c1ccccc1. The van der Waals surface area contributed by atoms with Gasteiger partial charge in [0, 0.05) is 49.8 Å². The topological polar surface area (TPSA) is 103 Å². The maximum absolute atomic E-state index is 14.9. The number of fused-ring (bicyclic) bond motifs is 3. The van der Waals surface area contributed by atoms with Gasteiger partial charge in [-0.15, -0.1) is 0 Å². The van der Waals surface area contributed by atoms with E-state index in [1.54, 1.807) is 26.2 Å². The molecule has 5 rings (SSSR count). The first-order valence-electron chi connectivity index (χ1n) is 12.2. The van der Waals surface area contributed by atoms with E-state index < -0.39 is 0 Å². The Labute approximate surface area is 210 Å². The lowest BCUT2D eigenvalue weighted by Crippen LogP contribution is -2.26. The minimum Gasteiger partial charge on any atom is -0.401 e. The van der Waals surface area contributed by atoms with E-state index in [-0.39, 0.29) is 12.4 Å². The molecule has 0 atom stereocenters. The molecular weight excluding hydrogens is 457 g/mol. The summed E-state index contributed by atoms with van der Waals surface area (Å²) in [6.45, 7) is 3.76. The lowest BCUT2D eigenvalue weighted by Gasteiger charge is -2.24. The number of aromatic nitrogens is 2. The first kappa shape index (κ1) is 25.6. The summed E-state index contributed by atoms with van der Waals surface area (Å²) in [5, 5.41) is 11.8. The molecule has 0 radical (unpaired) electrons. The van der Waals surface area contributed by atoms with E-state index in [2.05, 4.69) is 9.55 Å². The number of hydrogen-bond acceptors (Lipinski definition) is 6. The lowest BCUT2D eigenvalue weighted by molar-refractivity contribution is 0.0619. The Morgan fingerprint density at radius 3 is 2.36 bits per heavy atom. The van der Waals surface area contributed by atoms with E-state index in [0.29, 0.717) is 45.8 Å². The Kier molecular flexibility index (Phi) is 8.20. The highest BCUT2D eigenvalue weighted by Gasteiger charge is 2.23. The van der Waals surface area contributed by atoms with Crippen molar-refractivity contribution in [1.82, 2.24) is 14.6 Å². The number of halogens is 1. The third-order valence-corrected chi connectivity index (χ3v) is 6.49. The molecule has 4 aromatic rings. The number of hydrogen-bond donors (Lipinski definition) is 3. The molecule has 3 heterocycles. The van der Waals surface area contributed by atoms with Crippen molar-refractivity contribution in [2.75, 3.05) is 20.3 Å². The molecule has 2 aromatic heterocycles.